The van der Waals surface area contributed by atoms with Gasteiger partial charge < -0.3 is 0 Å². The molecule has 2 aliphatic heterocycles. The van der Waals surface area contributed by atoms with Gasteiger partial charge in [0.2, 0.25) is 11.8 Å². The van der Waals surface area contributed by atoms with Crippen LogP contribution in [-0.2, 0) is 31.7 Å². The van der Waals surface area contributed by atoms with Gasteiger partial charge in [0.25, 0.3) is 10.2 Å². The van der Waals surface area contributed by atoms with Crippen LogP contribution in [0.3, 0.4) is 0 Å². The number of alkyl halides is 1. The van der Waals surface area contributed by atoms with E-state index in [1.165, 1.54) is 13.5 Å². The summed E-state index contributed by atoms with van der Waals surface area (Å²) in [6.07, 6.45) is 0.495. The van der Waals surface area contributed by atoms with Crippen molar-refractivity contribution < 1.29 is 18.0 Å². The summed E-state index contributed by atoms with van der Waals surface area (Å²) < 4.78 is 29.6. The molecule has 1 aliphatic carbocycles. The molecule has 0 radical (unpaired) electrons. The van der Waals surface area contributed by atoms with E-state index in [1.54, 1.807) is 14.0 Å². The molecule has 6 atom stereocenters. The number of halogens is 1. The van der Waals surface area contributed by atoms with E-state index in [2.05, 4.69) is 15.9 Å². The number of carbonyl (C=O) groups excluding carboxylic acids is 2. The van der Waals surface area contributed by atoms with Gasteiger partial charge in [-0.25, -0.2) is 0 Å². The van der Waals surface area contributed by atoms with E-state index in [9.17, 15) is 18.0 Å². The normalized spacial score (nSPS) is 33.2. The van der Waals surface area contributed by atoms with E-state index in [0.717, 1.165) is 16.5 Å². The molecular formula is C22H30BrN3O4S. The summed E-state index contributed by atoms with van der Waals surface area (Å²) in [5.41, 5.74) is 2.02. The lowest BCUT2D eigenvalue weighted by molar-refractivity contribution is -0.146. The first-order valence-electron chi connectivity index (χ1n) is 10.8. The highest BCUT2D eigenvalue weighted by Gasteiger charge is 2.60. The third-order valence-corrected chi connectivity index (χ3v) is 10.0. The van der Waals surface area contributed by atoms with Gasteiger partial charge in [-0.15, -0.1) is 0 Å². The summed E-state index contributed by atoms with van der Waals surface area (Å²) in [5.74, 6) is -0.452. The molecule has 2 amide bonds. The maximum absolute atomic E-state index is 13.4. The molecule has 1 aromatic carbocycles. The summed E-state index contributed by atoms with van der Waals surface area (Å²) in [5, 5.41) is 0.748. The van der Waals surface area contributed by atoms with Gasteiger partial charge in [0, 0.05) is 31.4 Å². The Morgan fingerprint density at radius 2 is 1.71 bits per heavy atom. The summed E-state index contributed by atoms with van der Waals surface area (Å²) in [4.78, 5) is 27.4. The van der Waals surface area contributed by atoms with Crippen LogP contribution in [0.25, 0.3) is 0 Å². The molecule has 170 valence electrons. The fraction of sp³-hybridized carbons (Fsp3) is 0.636. The number of rotatable bonds is 6. The van der Waals surface area contributed by atoms with Crippen LogP contribution < -0.4 is 0 Å². The highest BCUT2D eigenvalue weighted by molar-refractivity contribution is 9.08. The summed E-state index contributed by atoms with van der Waals surface area (Å²) in [6, 6.07) is 6.93. The average molecular weight is 512 g/mol. The lowest BCUT2D eigenvalue weighted by Crippen LogP contribution is -2.48. The van der Waals surface area contributed by atoms with Crippen LogP contribution in [0.15, 0.2) is 24.3 Å². The van der Waals surface area contributed by atoms with Gasteiger partial charge in [-0.1, -0.05) is 61.0 Å². The molecule has 0 N–H and O–H groups in total. The predicted octanol–water partition coefficient (Wildman–Crippen LogP) is 2.61. The smallest absolute Gasteiger partial charge is 0.277 e. The minimum absolute atomic E-state index is 0.120. The van der Waals surface area contributed by atoms with Crippen molar-refractivity contribution >= 4 is 38.0 Å². The highest BCUT2D eigenvalue weighted by atomic mass is 79.9. The molecule has 1 saturated carbocycles. The predicted molar refractivity (Wildman–Crippen MR) is 121 cm³/mol. The Kier molecular flexibility index (Phi) is 6.09. The monoisotopic (exact) mass is 511 g/mol. The quantitative estimate of drug-likeness (QED) is 0.434. The van der Waals surface area contributed by atoms with Crippen LogP contribution in [-0.4, -0.2) is 59.4 Å². The lowest BCUT2D eigenvalue weighted by Gasteiger charge is -2.29. The SMILES string of the molecule is C[C@@H]1C(=O)N(C(=O)C2[C@@H](C)[C@H]2C)[C@H]2CCN(S(=O)(=O)N(C)Cc3ccc(CBr)cc3)[C@H]12. The highest BCUT2D eigenvalue weighted by Crippen LogP contribution is 2.49. The molecule has 0 aromatic heterocycles. The van der Waals surface area contributed by atoms with Crippen molar-refractivity contribution in [3.63, 3.8) is 0 Å². The van der Waals surface area contributed by atoms with E-state index in [1.807, 2.05) is 38.1 Å². The molecule has 2 heterocycles. The largest absolute Gasteiger partial charge is 0.282 e. The van der Waals surface area contributed by atoms with Crippen LogP contribution in [0.4, 0.5) is 0 Å². The number of carbonyl (C=O) groups is 2. The van der Waals surface area contributed by atoms with Gasteiger partial charge in [0.15, 0.2) is 0 Å². The molecule has 1 unspecified atom stereocenters. The molecule has 0 spiro atoms. The molecule has 4 rings (SSSR count). The van der Waals surface area contributed by atoms with Crippen molar-refractivity contribution in [1.82, 2.24) is 13.5 Å². The minimum Gasteiger partial charge on any atom is -0.277 e. The molecule has 3 fully saturated rings. The molecule has 7 nitrogen and oxygen atoms in total. The summed E-state index contributed by atoms with van der Waals surface area (Å²) in [6.45, 7) is 6.38. The number of likely N-dealkylation sites (tertiary alicyclic amines) is 1. The first-order chi connectivity index (χ1) is 14.6. The first kappa shape index (κ1) is 22.9. The molecule has 2 saturated heterocycles. The molecule has 3 aliphatic rings. The summed E-state index contributed by atoms with van der Waals surface area (Å²) in [7, 11) is -2.20. The summed E-state index contributed by atoms with van der Waals surface area (Å²) >= 11 is 3.41. The second-order valence-electron chi connectivity index (χ2n) is 9.25. The van der Waals surface area contributed by atoms with E-state index in [0.29, 0.717) is 13.0 Å². The van der Waals surface area contributed by atoms with Gasteiger partial charge in [-0.2, -0.15) is 17.0 Å². The third-order valence-electron chi connectivity index (χ3n) is 7.46. The van der Waals surface area contributed by atoms with Crippen LogP contribution >= 0.6 is 15.9 Å². The number of benzene rings is 1. The lowest BCUT2D eigenvalue weighted by atomic mass is 10.0. The van der Waals surface area contributed by atoms with Gasteiger partial charge >= 0.3 is 0 Å². The number of nitrogens with zero attached hydrogens (tertiary/aromatic N) is 3. The third kappa shape index (κ3) is 3.77. The first-order valence-corrected chi connectivity index (χ1v) is 13.3. The van der Waals surface area contributed by atoms with Crippen LogP contribution in [0.5, 0.6) is 0 Å². The van der Waals surface area contributed by atoms with Gasteiger partial charge in [0.05, 0.1) is 18.0 Å². The van der Waals surface area contributed by atoms with Gasteiger partial charge in [0.1, 0.15) is 0 Å². The number of hydrogen-bond donors (Lipinski definition) is 0. The minimum atomic E-state index is -3.77. The molecule has 1 aromatic rings. The fourth-order valence-electron chi connectivity index (χ4n) is 5.23. The topological polar surface area (TPSA) is 78.0 Å². The van der Waals surface area contributed by atoms with Crippen molar-refractivity contribution in [3.05, 3.63) is 35.4 Å². The molecular weight excluding hydrogens is 482 g/mol. The van der Waals surface area contributed by atoms with Gasteiger partial charge in [-0.05, 0) is 29.4 Å². The Labute approximate surface area is 193 Å². The second-order valence-corrected chi connectivity index (χ2v) is 11.8. The number of imide groups is 1. The maximum Gasteiger partial charge on any atom is 0.282 e. The van der Waals surface area contributed by atoms with Crippen molar-refractivity contribution in [3.8, 4) is 0 Å². The van der Waals surface area contributed by atoms with Crippen LogP contribution in [0, 0.1) is 23.7 Å². The Bertz CT molecular complexity index is 975. The zero-order valence-corrected chi connectivity index (χ0v) is 20.8. The average Bonchev–Trinajstić information content (AvgIpc) is 3.05. The fourth-order valence-corrected chi connectivity index (χ4v) is 7.24. The Morgan fingerprint density at radius 1 is 1.13 bits per heavy atom. The van der Waals surface area contributed by atoms with Crippen LogP contribution in [0.2, 0.25) is 0 Å². The Hall–Kier alpha value is -1.29. The second kappa shape index (κ2) is 8.24. The number of fused-ring (bicyclic) bond motifs is 1. The zero-order chi connectivity index (χ0) is 22.7. The van der Waals surface area contributed by atoms with E-state index < -0.39 is 22.2 Å². The van der Waals surface area contributed by atoms with Crippen molar-refractivity contribution in [1.29, 1.82) is 0 Å². The zero-order valence-electron chi connectivity index (χ0n) is 18.4. The van der Waals surface area contributed by atoms with Crippen LogP contribution in [0.1, 0.15) is 38.3 Å². The number of hydrogen-bond acceptors (Lipinski definition) is 4. The van der Waals surface area contributed by atoms with Crippen molar-refractivity contribution in [2.24, 2.45) is 23.7 Å². The maximum atomic E-state index is 13.4. The molecule has 0 bridgehead atoms. The van der Waals surface area contributed by atoms with Crippen molar-refractivity contribution in [2.45, 2.75) is 51.2 Å². The van der Waals surface area contributed by atoms with E-state index >= 15 is 0 Å². The Balaban J connectivity index is 1.52. The van der Waals surface area contributed by atoms with Crippen molar-refractivity contribution in [2.75, 3.05) is 13.6 Å². The van der Waals surface area contributed by atoms with E-state index in [-0.39, 0.29) is 42.2 Å². The molecule has 9 heteroatoms. The van der Waals surface area contributed by atoms with E-state index in [4.69, 9.17) is 0 Å². The molecule has 31 heavy (non-hydrogen) atoms. The number of amides is 2. The Morgan fingerprint density at radius 3 is 2.26 bits per heavy atom. The van der Waals surface area contributed by atoms with Gasteiger partial charge in [-0.3, -0.25) is 14.5 Å². The standard InChI is InChI=1S/C22H30BrN3O4S/c1-13-14(2)19(13)22(28)26-18-9-10-25(20(18)15(3)21(26)27)31(29,30)24(4)12-17-7-5-16(11-23)6-8-17/h5-8,13-15,18-20H,9-12H2,1-4H3/t13-,14+,15-,18-,19?,20+/m0/s1.